The number of sulfonamides is 2. The Morgan fingerprint density at radius 3 is 2.10 bits per heavy atom. The molecular weight excluding hydrogens is 410 g/mol. The second-order valence-electron chi connectivity index (χ2n) is 8.06. The number of likely N-dealkylation sites (N-methyl/N-ethyl adjacent to an activating group) is 1. The molecule has 2 heterocycles. The Balaban J connectivity index is 1.73. The van der Waals surface area contributed by atoms with E-state index >= 15 is 0 Å². The number of para-hydroxylation sites is 1. The standard InChI is InChI=1S/C20H25N3O4S2/c1-21(2)28(24,25)16-8-10-17(11-9-16)29(26,27)23-15-20(12-13-22(3)14-20)18-6-4-5-7-19(18)23/h4-11H,12-15H2,1-3H3. The first-order chi connectivity index (χ1) is 13.6. The van der Waals surface area contributed by atoms with Crippen LogP contribution >= 0.6 is 0 Å². The Bertz CT molecular complexity index is 1140. The van der Waals surface area contributed by atoms with Crippen LogP contribution < -0.4 is 4.31 Å². The molecule has 0 radical (unpaired) electrons. The molecule has 0 bridgehead atoms. The second-order valence-corrected chi connectivity index (χ2v) is 12.1. The van der Waals surface area contributed by atoms with E-state index in [0.717, 1.165) is 29.4 Å². The molecule has 9 heteroatoms. The molecule has 1 unspecified atom stereocenters. The molecule has 2 aliphatic heterocycles. The Labute approximate surface area is 172 Å². The number of anilines is 1. The molecule has 1 spiro atoms. The Morgan fingerprint density at radius 2 is 1.52 bits per heavy atom. The van der Waals surface area contributed by atoms with Crippen LogP contribution in [0.4, 0.5) is 5.69 Å². The minimum atomic E-state index is -3.81. The van der Waals surface area contributed by atoms with Crippen molar-refractivity contribution in [3.8, 4) is 0 Å². The van der Waals surface area contributed by atoms with Gasteiger partial charge in [-0.25, -0.2) is 21.1 Å². The summed E-state index contributed by atoms with van der Waals surface area (Å²) in [4.78, 5) is 2.39. The smallest absolute Gasteiger partial charge is 0.264 e. The average Bonchev–Trinajstić information content (AvgIpc) is 3.23. The molecule has 0 aromatic heterocycles. The summed E-state index contributed by atoms with van der Waals surface area (Å²) in [7, 11) is -2.48. The first-order valence-electron chi connectivity index (χ1n) is 9.41. The number of hydrogen-bond acceptors (Lipinski definition) is 5. The van der Waals surface area contributed by atoms with E-state index < -0.39 is 20.0 Å². The molecule has 4 rings (SSSR count). The minimum Gasteiger partial charge on any atom is -0.305 e. The number of nitrogens with zero attached hydrogens (tertiary/aromatic N) is 3. The molecule has 0 saturated carbocycles. The van der Waals surface area contributed by atoms with Crippen molar-refractivity contribution < 1.29 is 16.8 Å². The van der Waals surface area contributed by atoms with Crippen molar-refractivity contribution in [3.05, 3.63) is 54.1 Å². The van der Waals surface area contributed by atoms with Gasteiger partial charge in [0.05, 0.1) is 15.5 Å². The normalized spacial score (nSPS) is 22.6. The number of benzene rings is 2. The Kier molecular flexibility index (Phi) is 4.77. The summed E-state index contributed by atoms with van der Waals surface area (Å²) in [6, 6.07) is 13.1. The predicted molar refractivity (Wildman–Crippen MR) is 112 cm³/mol. The van der Waals surface area contributed by atoms with Crippen molar-refractivity contribution in [3.63, 3.8) is 0 Å². The van der Waals surface area contributed by atoms with Gasteiger partial charge in [0, 0.05) is 32.6 Å². The first-order valence-corrected chi connectivity index (χ1v) is 12.3. The maximum absolute atomic E-state index is 13.5. The number of hydrogen-bond donors (Lipinski definition) is 0. The quantitative estimate of drug-likeness (QED) is 0.731. The number of fused-ring (bicyclic) bond motifs is 2. The van der Waals surface area contributed by atoms with E-state index in [1.807, 2.05) is 24.3 Å². The molecule has 2 aliphatic rings. The van der Waals surface area contributed by atoms with Gasteiger partial charge >= 0.3 is 0 Å². The van der Waals surface area contributed by atoms with Crippen molar-refractivity contribution in [2.24, 2.45) is 0 Å². The molecule has 0 aliphatic carbocycles. The fourth-order valence-electron chi connectivity index (χ4n) is 4.35. The van der Waals surface area contributed by atoms with Crippen molar-refractivity contribution in [1.29, 1.82) is 0 Å². The van der Waals surface area contributed by atoms with E-state index in [-0.39, 0.29) is 15.2 Å². The van der Waals surface area contributed by atoms with Crippen LogP contribution in [0.5, 0.6) is 0 Å². The van der Waals surface area contributed by atoms with Crippen LogP contribution in [0, 0.1) is 0 Å². The van der Waals surface area contributed by atoms with Crippen molar-refractivity contribution in [2.45, 2.75) is 21.6 Å². The minimum absolute atomic E-state index is 0.0668. The highest BCUT2D eigenvalue weighted by molar-refractivity contribution is 7.93. The lowest BCUT2D eigenvalue weighted by Gasteiger charge is -2.25. The SMILES string of the molecule is CN1CCC2(C1)CN(S(=O)(=O)c1ccc(S(=O)(=O)N(C)C)cc1)c1ccccc12. The summed E-state index contributed by atoms with van der Waals surface area (Å²) in [5.41, 5.74) is 1.58. The summed E-state index contributed by atoms with van der Waals surface area (Å²) in [5, 5.41) is 0. The van der Waals surface area contributed by atoms with Gasteiger partial charge in [-0.2, -0.15) is 0 Å². The molecule has 2 aromatic rings. The summed E-state index contributed by atoms with van der Waals surface area (Å²) < 4.78 is 54.1. The third-order valence-electron chi connectivity index (χ3n) is 5.93. The van der Waals surface area contributed by atoms with E-state index in [1.165, 1.54) is 42.7 Å². The van der Waals surface area contributed by atoms with Crippen LogP contribution in [0.1, 0.15) is 12.0 Å². The Morgan fingerprint density at radius 1 is 0.897 bits per heavy atom. The highest BCUT2D eigenvalue weighted by Crippen LogP contribution is 2.47. The number of likely N-dealkylation sites (tertiary alicyclic amines) is 1. The average molecular weight is 436 g/mol. The molecule has 29 heavy (non-hydrogen) atoms. The molecule has 156 valence electrons. The van der Waals surface area contributed by atoms with Crippen molar-refractivity contribution in [2.75, 3.05) is 45.1 Å². The molecule has 0 N–H and O–H groups in total. The fraction of sp³-hybridized carbons (Fsp3) is 0.400. The van der Waals surface area contributed by atoms with Gasteiger partial charge in [-0.1, -0.05) is 18.2 Å². The van der Waals surface area contributed by atoms with Gasteiger partial charge in [0.2, 0.25) is 10.0 Å². The topological polar surface area (TPSA) is 78.0 Å². The van der Waals surface area contributed by atoms with Crippen LogP contribution in [0.15, 0.2) is 58.3 Å². The van der Waals surface area contributed by atoms with Crippen molar-refractivity contribution in [1.82, 2.24) is 9.21 Å². The first kappa shape index (κ1) is 20.3. The van der Waals surface area contributed by atoms with Gasteiger partial charge in [0.1, 0.15) is 0 Å². The van der Waals surface area contributed by atoms with Gasteiger partial charge in [0.15, 0.2) is 0 Å². The summed E-state index contributed by atoms with van der Waals surface area (Å²) in [6.07, 6.45) is 0.909. The lowest BCUT2D eigenvalue weighted by atomic mass is 9.82. The number of rotatable bonds is 4. The zero-order chi connectivity index (χ0) is 21.0. The molecule has 1 fully saturated rings. The zero-order valence-corrected chi connectivity index (χ0v) is 18.4. The third kappa shape index (κ3) is 3.16. The van der Waals surface area contributed by atoms with Gasteiger partial charge in [-0.3, -0.25) is 4.31 Å². The maximum Gasteiger partial charge on any atom is 0.264 e. The molecule has 7 nitrogen and oxygen atoms in total. The van der Waals surface area contributed by atoms with Gasteiger partial charge < -0.3 is 4.90 Å². The lowest BCUT2D eigenvalue weighted by Crippen LogP contribution is -2.38. The maximum atomic E-state index is 13.5. The Hall–Kier alpha value is -1.94. The molecular formula is C20H25N3O4S2. The highest BCUT2D eigenvalue weighted by atomic mass is 32.2. The largest absolute Gasteiger partial charge is 0.305 e. The molecule has 1 atom stereocenters. The highest BCUT2D eigenvalue weighted by Gasteiger charge is 2.49. The lowest BCUT2D eigenvalue weighted by molar-refractivity contribution is 0.379. The van der Waals surface area contributed by atoms with E-state index in [9.17, 15) is 16.8 Å². The molecule has 1 saturated heterocycles. The van der Waals surface area contributed by atoms with Gasteiger partial charge in [-0.15, -0.1) is 0 Å². The predicted octanol–water partition coefficient (Wildman–Crippen LogP) is 1.72. The molecule has 2 aromatic carbocycles. The zero-order valence-electron chi connectivity index (χ0n) is 16.7. The monoisotopic (exact) mass is 435 g/mol. The molecule has 0 amide bonds. The van der Waals surface area contributed by atoms with Crippen LogP contribution in [0.25, 0.3) is 0 Å². The van der Waals surface area contributed by atoms with Crippen LogP contribution in [-0.4, -0.2) is 66.8 Å². The van der Waals surface area contributed by atoms with Gasteiger partial charge in [0.25, 0.3) is 10.0 Å². The van der Waals surface area contributed by atoms with Crippen LogP contribution in [0.3, 0.4) is 0 Å². The van der Waals surface area contributed by atoms with Crippen LogP contribution in [-0.2, 0) is 25.5 Å². The second kappa shape index (κ2) is 6.80. The fourth-order valence-corrected chi connectivity index (χ4v) is 6.82. The summed E-state index contributed by atoms with van der Waals surface area (Å²) in [6.45, 7) is 2.14. The van der Waals surface area contributed by atoms with E-state index in [2.05, 4.69) is 11.9 Å². The summed E-state index contributed by atoms with van der Waals surface area (Å²) >= 11 is 0. The third-order valence-corrected chi connectivity index (χ3v) is 9.53. The van der Waals surface area contributed by atoms with E-state index in [4.69, 9.17) is 0 Å². The van der Waals surface area contributed by atoms with E-state index in [1.54, 1.807) is 0 Å². The van der Waals surface area contributed by atoms with Crippen LogP contribution in [0.2, 0.25) is 0 Å². The summed E-state index contributed by atoms with van der Waals surface area (Å²) in [5.74, 6) is 0. The van der Waals surface area contributed by atoms with E-state index in [0.29, 0.717) is 12.2 Å². The van der Waals surface area contributed by atoms with Gasteiger partial charge in [-0.05, 0) is 55.9 Å². The van der Waals surface area contributed by atoms with Crippen molar-refractivity contribution >= 4 is 25.7 Å².